The largest absolute Gasteiger partial charge is 0.311 e. The highest BCUT2D eigenvalue weighted by Crippen LogP contribution is 2.14. The summed E-state index contributed by atoms with van der Waals surface area (Å²) in [5, 5.41) is 3.57. The van der Waals surface area contributed by atoms with Gasteiger partial charge in [-0.1, -0.05) is 24.3 Å². The Bertz CT molecular complexity index is 335. The van der Waals surface area contributed by atoms with Crippen molar-refractivity contribution in [3.63, 3.8) is 0 Å². The molecule has 16 heavy (non-hydrogen) atoms. The van der Waals surface area contributed by atoms with Gasteiger partial charge in [-0.05, 0) is 44.5 Å². The molecular formula is C14H22N2. The number of likely N-dealkylation sites (tertiary alicyclic amines) is 1. The zero-order valence-electron chi connectivity index (χ0n) is 10.4. The second kappa shape index (κ2) is 5.46. The maximum absolute atomic E-state index is 3.57. The van der Waals surface area contributed by atoms with Gasteiger partial charge in [0.25, 0.3) is 0 Å². The van der Waals surface area contributed by atoms with Gasteiger partial charge in [0.15, 0.2) is 0 Å². The van der Waals surface area contributed by atoms with Crippen molar-refractivity contribution in [2.45, 2.75) is 32.4 Å². The normalized spacial score (nSPS) is 21.5. The number of aryl methyl sites for hydroxylation is 1. The van der Waals surface area contributed by atoms with Crippen molar-refractivity contribution in [1.82, 2.24) is 10.2 Å². The molecule has 1 heterocycles. The minimum Gasteiger partial charge on any atom is -0.311 e. The second-order valence-electron chi connectivity index (χ2n) is 4.83. The summed E-state index contributed by atoms with van der Waals surface area (Å²) in [6.07, 6.45) is 2.70. The summed E-state index contributed by atoms with van der Waals surface area (Å²) >= 11 is 0. The molecule has 1 aliphatic rings. The minimum atomic E-state index is 0.740. The summed E-state index contributed by atoms with van der Waals surface area (Å²) in [5.74, 6) is 0. The van der Waals surface area contributed by atoms with Gasteiger partial charge in [0.05, 0.1) is 0 Å². The highest BCUT2D eigenvalue weighted by molar-refractivity contribution is 5.25. The van der Waals surface area contributed by atoms with Crippen molar-refractivity contribution in [1.29, 1.82) is 0 Å². The highest BCUT2D eigenvalue weighted by Gasteiger charge is 2.19. The number of rotatable bonds is 4. The fourth-order valence-corrected chi connectivity index (χ4v) is 2.42. The molecule has 1 saturated heterocycles. The first-order chi connectivity index (χ1) is 7.77. The summed E-state index contributed by atoms with van der Waals surface area (Å²) in [4.78, 5) is 2.46. The van der Waals surface area contributed by atoms with E-state index in [-0.39, 0.29) is 0 Å². The Balaban J connectivity index is 1.78. The first-order valence-electron chi connectivity index (χ1n) is 6.23. The van der Waals surface area contributed by atoms with Gasteiger partial charge in [-0.2, -0.15) is 0 Å². The molecule has 88 valence electrons. The molecule has 2 rings (SSSR count). The van der Waals surface area contributed by atoms with Gasteiger partial charge in [0.1, 0.15) is 0 Å². The van der Waals surface area contributed by atoms with Gasteiger partial charge in [0, 0.05) is 19.1 Å². The molecule has 2 nitrogen and oxygen atoms in total. The molecule has 1 atom stereocenters. The van der Waals surface area contributed by atoms with E-state index in [1.165, 1.54) is 30.5 Å². The molecule has 1 aromatic rings. The van der Waals surface area contributed by atoms with Crippen molar-refractivity contribution in [3.05, 3.63) is 35.4 Å². The number of hydrogen-bond donors (Lipinski definition) is 1. The summed E-state index contributed by atoms with van der Waals surface area (Å²) < 4.78 is 0. The quantitative estimate of drug-likeness (QED) is 0.833. The van der Waals surface area contributed by atoms with E-state index in [0.29, 0.717) is 0 Å². The van der Waals surface area contributed by atoms with Crippen molar-refractivity contribution in [2.75, 3.05) is 20.1 Å². The van der Waals surface area contributed by atoms with Crippen molar-refractivity contribution < 1.29 is 0 Å². The summed E-state index contributed by atoms with van der Waals surface area (Å²) in [7, 11) is 2.23. The van der Waals surface area contributed by atoms with E-state index in [2.05, 4.69) is 48.5 Å². The molecule has 0 radical (unpaired) electrons. The third kappa shape index (κ3) is 2.83. The molecule has 0 spiro atoms. The molecule has 1 aromatic carbocycles. The van der Waals surface area contributed by atoms with Crippen LogP contribution in [0.1, 0.15) is 24.0 Å². The zero-order valence-corrected chi connectivity index (χ0v) is 10.4. The van der Waals surface area contributed by atoms with Gasteiger partial charge in [-0.3, -0.25) is 0 Å². The molecule has 1 N–H and O–H groups in total. The average Bonchev–Trinajstić information content (AvgIpc) is 2.67. The van der Waals surface area contributed by atoms with Crippen LogP contribution in [0.3, 0.4) is 0 Å². The third-order valence-electron chi connectivity index (χ3n) is 3.63. The van der Waals surface area contributed by atoms with Crippen LogP contribution in [0.15, 0.2) is 24.3 Å². The molecule has 2 heteroatoms. The molecule has 1 unspecified atom stereocenters. The first kappa shape index (κ1) is 11.6. The lowest BCUT2D eigenvalue weighted by atomic mass is 10.1. The monoisotopic (exact) mass is 218 g/mol. The molecule has 0 amide bonds. The van der Waals surface area contributed by atoms with Gasteiger partial charge in [-0.15, -0.1) is 0 Å². The van der Waals surface area contributed by atoms with Crippen LogP contribution in [0.4, 0.5) is 0 Å². The van der Waals surface area contributed by atoms with E-state index in [1.807, 2.05) is 0 Å². The van der Waals surface area contributed by atoms with Crippen LogP contribution in [-0.4, -0.2) is 31.1 Å². The second-order valence-corrected chi connectivity index (χ2v) is 4.83. The van der Waals surface area contributed by atoms with E-state index in [4.69, 9.17) is 0 Å². The SMILES string of the molecule is Cc1ccccc1CNCC1CCCN1C. The maximum Gasteiger partial charge on any atom is 0.0218 e. The van der Waals surface area contributed by atoms with Crippen molar-refractivity contribution >= 4 is 0 Å². The minimum absolute atomic E-state index is 0.740. The molecule has 1 fully saturated rings. The van der Waals surface area contributed by atoms with Crippen LogP contribution in [0.25, 0.3) is 0 Å². The predicted octanol–water partition coefficient (Wildman–Crippen LogP) is 2.18. The summed E-state index contributed by atoms with van der Waals surface area (Å²) in [6.45, 7) is 5.55. The summed E-state index contributed by atoms with van der Waals surface area (Å²) in [5.41, 5.74) is 2.80. The fraction of sp³-hybridized carbons (Fsp3) is 0.571. The molecule has 0 bridgehead atoms. The molecular weight excluding hydrogens is 196 g/mol. The lowest BCUT2D eigenvalue weighted by Crippen LogP contribution is -2.35. The fourth-order valence-electron chi connectivity index (χ4n) is 2.42. The number of nitrogens with zero attached hydrogens (tertiary/aromatic N) is 1. The van der Waals surface area contributed by atoms with Gasteiger partial charge >= 0.3 is 0 Å². The Kier molecular flexibility index (Phi) is 3.97. The van der Waals surface area contributed by atoms with Crippen LogP contribution < -0.4 is 5.32 Å². The van der Waals surface area contributed by atoms with Crippen LogP contribution >= 0.6 is 0 Å². The third-order valence-corrected chi connectivity index (χ3v) is 3.63. The number of likely N-dealkylation sites (N-methyl/N-ethyl adjacent to an activating group) is 1. The van der Waals surface area contributed by atoms with Gasteiger partial charge < -0.3 is 10.2 Å². The van der Waals surface area contributed by atoms with Crippen molar-refractivity contribution in [2.24, 2.45) is 0 Å². The Morgan fingerprint density at radius 3 is 2.88 bits per heavy atom. The van der Waals surface area contributed by atoms with Crippen LogP contribution in [0, 0.1) is 6.92 Å². The topological polar surface area (TPSA) is 15.3 Å². The molecule has 0 aromatic heterocycles. The van der Waals surface area contributed by atoms with E-state index in [1.54, 1.807) is 0 Å². The lowest BCUT2D eigenvalue weighted by molar-refractivity contribution is 0.300. The van der Waals surface area contributed by atoms with E-state index in [9.17, 15) is 0 Å². The standard InChI is InChI=1S/C14H22N2/c1-12-6-3-4-7-13(12)10-15-11-14-8-5-9-16(14)2/h3-4,6-7,14-15H,5,8-11H2,1-2H3. The Morgan fingerprint density at radius 1 is 1.38 bits per heavy atom. The smallest absolute Gasteiger partial charge is 0.0218 e. The number of nitrogens with one attached hydrogen (secondary N) is 1. The zero-order chi connectivity index (χ0) is 11.4. The molecule has 0 aliphatic carbocycles. The highest BCUT2D eigenvalue weighted by atomic mass is 15.2. The van der Waals surface area contributed by atoms with Gasteiger partial charge in [-0.25, -0.2) is 0 Å². The van der Waals surface area contributed by atoms with Gasteiger partial charge in [0.2, 0.25) is 0 Å². The van der Waals surface area contributed by atoms with E-state index >= 15 is 0 Å². The van der Waals surface area contributed by atoms with Crippen LogP contribution in [0.2, 0.25) is 0 Å². The molecule has 1 aliphatic heterocycles. The van der Waals surface area contributed by atoms with E-state index in [0.717, 1.165) is 19.1 Å². The summed E-state index contributed by atoms with van der Waals surface area (Å²) in [6, 6.07) is 9.35. The predicted molar refractivity (Wildman–Crippen MR) is 68.5 cm³/mol. The lowest BCUT2D eigenvalue weighted by Gasteiger charge is -2.20. The van der Waals surface area contributed by atoms with Crippen molar-refractivity contribution in [3.8, 4) is 0 Å². The average molecular weight is 218 g/mol. The Labute approximate surface area is 98.7 Å². The Morgan fingerprint density at radius 2 is 2.19 bits per heavy atom. The van der Waals surface area contributed by atoms with Crippen LogP contribution in [-0.2, 0) is 6.54 Å². The maximum atomic E-state index is 3.57. The van der Waals surface area contributed by atoms with Crippen LogP contribution in [0.5, 0.6) is 0 Å². The first-order valence-corrected chi connectivity index (χ1v) is 6.23. The number of benzene rings is 1. The number of hydrogen-bond acceptors (Lipinski definition) is 2. The Hall–Kier alpha value is -0.860. The van der Waals surface area contributed by atoms with E-state index < -0.39 is 0 Å². The molecule has 0 saturated carbocycles.